The number of carbonyl (C=O) groups excluding carboxylic acids is 2. The predicted octanol–water partition coefficient (Wildman–Crippen LogP) is 7.05. The fourth-order valence-corrected chi connectivity index (χ4v) is 6.69. The molecular weight excluding hydrogens is 629 g/mol. The zero-order chi connectivity index (χ0) is 32.8. The molecule has 0 unspecified atom stereocenters. The van der Waals surface area contributed by atoms with Crippen molar-refractivity contribution in [1.29, 1.82) is 0 Å². The average molecular weight is 667 g/mol. The van der Waals surface area contributed by atoms with Crippen LogP contribution in [0.5, 0.6) is 0 Å². The number of anilines is 1. The quantitative estimate of drug-likeness (QED) is 0.186. The lowest BCUT2D eigenvalue weighted by molar-refractivity contribution is -0.140. The Balaban J connectivity index is 1.84. The number of carbonyl (C=O) groups is 2. The fourth-order valence-electron chi connectivity index (χ4n) is 4.81. The lowest BCUT2D eigenvalue weighted by Crippen LogP contribution is -2.56. The van der Waals surface area contributed by atoms with Gasteiger partial charge in [-0.25, -0.2) is 8.42 Å². The highest BCUT2D eigenvalue weighted by Crippen LogP contribution is 2.33. The molecule has 0 saturated carbocycles. The first kappa shape index (κ1) is 34.0. The maximum Gasteiger partial charge on any atom is 0.264 e. The monoisotopic (exact) mass is 665 g/mol. The van der Waals surface area contributed by atoms with E-state index in [4.69, 9.17) is 23.2 Å². The minimum Gasteiger partial charge on any atom is -0.350 e. The zero-order valence-corrected chi connectivity index (χ0v) is 28.0. The lowest BCUT2D eigenvalue weighted by atomic mass is 10.0. The van der Waals surface area contributed by atoms with Gasteiger partial charge < -0.3 is 10.2 Å². The predicted molar refractivity (Wildman–Crippen MR) is 181 cm³/mol. The molecule has 4 rings (SSSR count). The molecule has 0 heterocycles. The van der Waals surface area contributed by atoms with Crippen molar-refractivity contribution in [3.05, 3.63) is 130 Å². The Bertz CT molecular complexity index is 1730. The Morgan fingerprint density at radius 1 is 0.822 bits per heavy atom. The molecule has 4 aromatic carbocycles. The third-order valence-electron chi connectivity index (χ3n) is 7.03. The Labute approximate surface area is 275 Å². The van der Waals surface area contributed by atoms with Crippen LogP contribution in [0.15, 0.2) is 108 Å². The summed E-state index contributed by atoms with van der Waals surface area (Å²) in [4.78, 5) is 29.9. The minimum atomic E-state index is -4.29. The summed E-state index contributed by atoms with van der Waals surface area (Å²) in [5.74, 6) is -0.943. The largest absolute Gasteiger partial charge is 0.350 e. The van der Waals surface area contributed by atoms with E-state index >= 15 is 0 Å². The molecule has 236 valence electrons. The Morgan fingerprint density at radius 3 is 2.02 bits per heavy atom. The van der Waals surface area contributed by atoms with E-state index in [1.54, 1.807) is 24.3 Å². The number of halogens is 2. The van der Waals surface area contributed by atoms with Gasteiger partial charge in [-0.2, -0.15) is 0 Å². The molecule has 0 saturated heterocycles. The van der Waals surface area contributed by atoms with Crippen LogP contribution in [0.3, 0.4) is 0 Å². The van der Waals surface area contributed by atoms with Gasteiger partial charge in [0.05, 0.1) is 15.6 Å². The van der Waals surface area contributed by atoms with Crippen molar-refractivity contribution in [2.24, 2.45) is 0 Å². The second-order valence-electron chi connectivity index (χ2n) is 11.9. The number of nitrogens with one attached hydrogen (secondary N) is 1. The van der Waals surface area contributed by atoms with Crippen molar-refractivity contribution in [1.82, 2.24) is 10.2 Å². The van der Waals surface area contributed by atoms with E-state index < -0.39 is 34.1 Å². The first-order valence-electron chi connectivity index (χ1n) is 14.5. The number of aryl methyl sites for hydroxylation is 1. The molecule has 0 radical (unpaired) electrons. The summed E-state index contributed by atoms with van der Waals surface area (Å²) in [6.45, 7) is 7.00. The van der Waals surface area contributed by atoms with Crippen LogP contribution in [0.4, 0.5) is 5.69 Å². The number of hydrogen-bond donors (Lipinski definition) is 1. The van der Waals surface area contributed by atoms with Gasteiger partial charge in [0.15, 0.2) is 0 Å². The molecule has 4 aromatic rings. The summed E-state index contributed by atoms with van der Waals surface area (Å²) in [5, 5.41) is 3.37. The smallest absolute Gasteiger partial charge is 0.264 e. The van der Waals surface area contributed by atoms with Gasteiger partial charge in [0.25, 0.3) is 10.0 Å². The Morgan fingerprint density at radius 2 is 1.42 bits per heavy atom. The minimum absolute atomic E-state index is 0.0229. The number of hydrogen-bond acceptors (Lipinski definition) is 4. The van der Waals surface area contributed by atoms with Gasteiger partial charge in [-0.3, -0.25) is 13.9 Å². The normalized spacial score (nSPS) is 12.3. The van der Waals surface area contributed by atoms with Crippen LogP contribution in [0, 0.1) is 6.92 Å². The molecule has 0 aromatic heterocycles. The van der Waals surface area contributed by atoms with Gasteiger partial charge in [-0.05, 0) is 69.2 Å². The maximum absolute atomic E-state index is 14.5. The molecule has 0 aliphatic heterocycles. The topological polar surface area (TPSA) is 86.8 Å². The lowest BCUT2D eigenvalue weighted by Gasteiger charge is -2.35. The van der Waals surface area contributed by atoms with E-state index in [0.717, 1.165) is 21.0 Å². The van der Waals surface area contributed by atoms with Gasteiger partial charge in [0.2, 0.25) is 11.8 Å². The van der Waals surface area contributed by atoms with Crippen molar-refractivity contribution in [3.8, 4) is 0 Å². The van der Waals surface area contributed by atoms with Crippen LogP contribution in [0.25, 0.3) is 0 Å². The molecule has 0 spiro atoms. The molecule has 0 fully saturated rings. The summed E-state index contributed by atoms with van der Waals surface area (Å²) in [6.07, 6.45) is 0.212. The summed E-state index contributed by atoms with van der Waals surface area (Å²) in [6, 6.07) is 28.3. The highest BCUT2D eigenvalue weighted by Gasteiger charge is 2.36. The van der Waals surface area contributed by atoms with Crippen molar-refractivity contribution >= 4 is 50.7 Å². The summed E-state index contributed by atoms with van der Waals surface area (Å²) >= 11 is 12.8. The third-order valence-corrected chi connectivity index (χ3v) is 9.36. The molecule has 0 bridgehead atoms. The Kier molecular flexibility index (Phi) is 11.0. The van der Waals surface area contributed by atoms with Gasteiger partial charge in [-0.1, -0.05) is 102 Å². The van der Waals surface area contributed by atoms with Crippen molar-refractivity contribution < 1.29 is 18.0 Å². The molecule has 0 aliphatic carbocycles. The third kappa shape index (κ3) is 9.10. The number of benzene rings is 4. The number of sulfonamides is 1. The molecule has 1 atom stereocenters. The molecular formula is C35H37Cl2N3O4S. The SMILES string of the molecule is Cc1ccc(CN(C(=O)CN(c2cc(Cl)ccc2Cl)S(=O)(=O)c2ccccc2)[C@H](Cc2ccccc2)C(=O)NC(C)(C)C)cc1. The van der Waals surface area contributed by atoms with Crippen molar-refractivity contribution in [2.45, 2.75) is 57.1 Å². The first-order chi connectivity index (χ1) is 21.2. The van der Waals surface area contributed by atoms with Crippen LogP contribution >= 0.6 is 23.2 Å². The van der Waals surface area contributed by atoms with E-state index in [1.165, 1.54) is 29.2 Å². The number of nitrogens with zero attached hydrogens (tertiary/aromatic N) is 2. The molecule has 0 aliphatic rings. The second-order valence-corrected chi connectivity index (χ2v) is 14.6. The maximum atomic E-state index is 14.5. The summed E-state index contributed by atoms with van der Waals surface area (Å²) in [5.41, 5.74) is 2.14. The highest BCUT2D eigenvalue weighted by molar-refractivity contribution is 7.92. The number of rotatable bonds is 11. The van der Waals surface area contributed by atoms with Gasteiger partial charge in [0, 0.05) is 23.5 Å². The van der Waals surface area contributed by atoms with E-state index in [1.807, 2.05) is 82.3 Å². The van der Waals surface area contributed by atoms with E-state index in [9.17, 15) is 18.0 Å². The number of amides is 2. The van der Waals surface area contributed by atoms with Crippen LogP contribution in [0.2, 0.25) is 10.0 Å². The van der Waals surface area contributed by atoms with Gasteiger partial charge >= 0.3 is 0 Å². The first-order valence-corrected chi connectivity index (χ1v) is 16.7. The van der Waals surface area contributed by atoms with Gasteiger partial charge in [-0.15, -0.1) is 0 Å². The summed E-state index contributed by atoms with van der Waals surface area (Å²) in [7, 11) is -4.29. The van der Waals surface area contributed by atoms with Crippen molar-refractivity contribution in [3.63, 3.8) is 0 Å². The van der Waals surface area contributed by atoms with Crippen LogP contribution < -0.4 is 9.62 Å². The van der Waals surface area contributed by atoms with Crippen LogP contribution in [-0.2, 0) is 32.6 Å². The summed E-state index contributed by atoms with van der Waals surface area (Å²) < 4.78 is 29.2. The highest BCUT2D eigenvalue weighted by atomic mass is 35.5. The second kappa shape index (κ2) is 14.5. The van der Waals surface area contributed by atoms with Crippen LogP contribution in [-0.4, -0.2) is 43.3 Å². The van der Waals surface area contributed by atoms with E-state index in [2.05, 4.69) is 5.32 Å². The average Bonchev–Trinajstić information content (AvgIpc) is 3.00. The van der Waals surface area contributed by atoms with E-state index in [0.29, 0.717) is 0 Å². The molecule has 45 heavy (non-hydrogen) atoms. The Hall–Kier alpha value is -3.85. The van der Waals surface area contributed by atoms with Gasteiger partial charge in [0.1, 0.15) is 12.6 Å². The molecule has 2 amide bonds. The zero-order valence-electron chi connectivity index (χ0n) is 25.7. The molecule has 7 nitrogen and oxygen atoms in total. The van der Waals surface area contributed by atoms with Crippen molar-refractivity contribution in [2.75, 3.05) is 10.8 Å². The molecule has 10 heteroatoms. The molecule has 1 N–H and O–H groups in total. The standard InChI is InChI=1S/C35H37Cl2N3O4S/c1-25-15-17-27(18-16-25)23-39(32(34(42)38-35(2,3)4)21-26-11-7-5-8-12-26)33(41)24-40(31-22-28(36)19-20-30(31)37)45(43,44)29-13-9-6-10-14-29/h5-20,22,32H,21,23-24H2,1-4H3,(H,38,42)/t32-/m1/s1. The van der Waals surface area contributed by atoms with Crippen LogP contribution in [0.1, 0.15) is 37.5 Å². The fraction of sp³-hybridized carbons (Fsp3) is 0.257. The van der Waals surface area contributed by atoms with E-state index in [-0.39, 0.29) is 39.5 Å².